The minimum atomic E-state index is -1.17. The van der Waals surface area contributed by atoms with Crippen molar-refractivity contribution < 1.29 is 19.6 Å². The van der Waals surface area contributed by atoms with Crippen molar-refractivity contribution in [1.29, 1.82) is 0 Å². The van der Waals surface area contributed by atoms with Crippen molar-refractivity contribution in [3.05, 3.63) is 34.4 Å². The van der Waals surface area contributed by atoms with Gasteiger partial charge in [0.05, 0.1) is 4.92 Å². The largest absolute Gasteiger partial charge is 0.550 e. The lowest BCUT2D eigenvalue weighted by Crippen LogP contribution is -2.43. The zero-order valence-electron chi connectivity index (χ0n) is 11.7. The first-order chi connectivity index (χ1) is 10.5. The number of nitrogens with one attached hydrogen (secondary N) is 1. The monoisotopic (exact) mass is 303 g/mol. The molecule has 2 fully saturated rings. The van der Waals surface area contributed by atoms with Crippen LogP contribution in [0.2, 0.25) is 0 Å². The lowest BCUT2D eigenvalue weighted by molar-refractivity contribution is -0.384. The fourth-order valence-electron chi connectivity index (χ4n) is 3.93. The van der Waals surface area contributed by atoms with Gasteiger partial charge in [-0.15, -0.1) is 0 Å². The lowest BCUT2D eigenvalue weighted by Gasteiger charge is -2.30. The number of benzene rings is 1. The van der Waals surface area contributed by atoms with Gasteiger partial charge in [-0.3, -0.25) is 14.9 Å². The average molecular weight is 303 g/mol. The second-order valence-corrected chi connectivity index (χ2v) is 6.00. The topological polar surface area (TPSA) is 112 Å². The molecule has 2 bridgehead atoms. The van der Waals surface area contributed by atoms with Gasteiger partial charge < -0.3 is 15.2 Å². The number of nitro groups is 1. The first-order valence-electron chi connectivity index (χ1n) is 7.23. The molecule has 1 aromatic rings. The van der Waals surface area contributed by atoms with Crippen LogP contribution in [0.1, 0.15) is 19.3 Å². The minimum absolute atomic E-state index is 0.0101. The smallest absolute Gasteiger partial charge is 0.271 e. The summed E-state index contributed by atoms with van der Waals surface area (Å²) in [6.45, 7) is 0. The summed E-state index contributed by atoms with van der Waals surface area (Å²) >= 11 is 0. The maximum absolute atomic E-state index is 12.4. The van der Waals surface area contributed by atoms with Crippen molar-refractivity contribution >= 4 is 23.3 Å². The number of hydrogen-bond acceptors (Lipinski definition) is 5. The molecule has 0 radical (unpaired) electrons. The number of anilines is 1. The van der Waals surface area contributed by atoms with Crippen LogP contribution in [0.25, 0.3) is 0 Å². The van der Waals surface area contributed by atoms with E-state index in [1.807, 2.05) is 0 Å². The van der Waals surface area contributed by atoms with Crippen molar-refractivity contribution in [2.75, 3.05) is 5.32 Å². The van der Waals surface area contributed by atoms with E-state index >= 15 is 0 Å². The van der Waals surface area contributed by atoms with Crippen LogP contribution >= 0.6 is 0 Å². The first kappa shape index (κ1) is 14.5. The third kappa shape index (κ3) is 2.43. The molecule has 7 nitrogen and oxygen atoms in total. The second-order valence-electron chi connectivity index (χ2n) is 6.00. The molecule has 22 heavy (non-hydrogen) atoms. The zero-order valence-corrected chi connectivity index (χ0v) is 11.7. The molecule has 116 valence electrons. The van der Waals surface area contributed by atoms with Gasteiger partial charge in [-0.2, -0.15) is 0 Å². The number of aliphatic carboxylic acids is 1. The molecule has 7 heteroatoms. The van der Waals surface area contributed by atoms with E-state index in [0.717, 1.165) is 19.3 Å². The van der Waals surface area contributed by atoms with Crippen LogP contribution in [-0.2, 0) is 9.59 Å². The standard InChI is InChI=1S/C15H16N2O5/c18-14(16-10-2-1-3-11(7-10)17(21)22)12-8-4-5-9(6-8)13(12)15(19)20/h1-3,7-9,12-13H,4-6H2,(H,16,18)(H,19,20)/p-1/t8-,9+,12+,13-/m1/s1. The molecule has 1 amide bonds. The Kier molecular flexibility index (Phi) is 3.56. The maximum atomic E-state index is 12.4. The van der Waals surface area contributed by atoms with Gasteiger partial charge in [0.2, 0.25) is 5.91 Å². The Morgan fingerprint density at radius 2 is 1.86 bits per heavy atom. The molecule has 0 saturated heterocycles. The number of carboxylic acids is 1. The van der Waals surface area contributed by atoms with Crippen LogP contribution in [0.3, 0.4) is 0 Å². The summed E-state index contributed by atoms with van der Waals surface area (Å²) in [4.78, 5) is 34.0. The van der Waals surface area contributed by atoms with E-state index in [9.17, 15) is 24.8 Å². The summed E-state index contributed by atoms with van der Waals surface area (Å²) in [7, 11) is 0. The van der Waals surface area contributed by atoms with Crippen molar-refractivity contribution in [3.8, 4) is 0 Å². The Bertz CT molecular complexity index is 645. The molecule has 0 unspecified atom stereocenters. The molecule has 2 aliphatic rings. The second kappa shape index (κ2) is 5.40. The summed E-state index contributed by atoms with van der Waals surface area (Å²) in [5.41, 5.74) is 0.182. The van der Waals surface area contributed by atoms with Crippen LogP contribution < -0.4 is 10.4 Å². The van der Waals surface area contributed by atoms with E-state index in [-0.39, 0.29) is 23.4 Å². The quantitative estimate of drug-likeness (QED) is 0.657. The van der Waals surface area contributed by atoms with E-state index in [0.29, 0.717) is 5.69 Å². The van der Waals surface area contributed by atoms with E-state index < -0.39 is 22.7 Å². The first-order valence-corrected chi connectivity index (χ1v) is 7.23. The number of nitro benzene ring substituents is 1. The summed E-state index contributed by atoms with van der Waals surface area (Å²) in [6.07, 6.45) is 2.41. The Morgan fingerprint density at radius 1 is 1.18 bits per heavy atom. The van der Waals surface area contributed by atoms with E-state index in [4.69, 9.17) is 0 Å². The van der Waals surface area contributed by atoms with Crippen LogP contribution in [0, 0.1) is 33.8 Å². The van der Waals surface area contributed by atoms with Crippen LogP contribution in [-0.4, -0.2) is 16.8 Å². The normalized spacial score (nSPS) is 29.3. The molecule has 1 N–H and O–H groups in total. The Labute approximate surface area is 126 Å². The number of non-ortho nitro benzene ring substituents is 1. The Morgan fingerprint density at radius 3 is 2.50 bits per heavy atom. The molecule has 0 heterocycles. The predicted molar refractivity (Wildman–Crippen MR) is 74.5 cm³/mol. The van der Waals surface area contributed by atoms with Gasteiger partial charge in [0.25, 0.3) is 5.69 Å². The molecular formula is C15H15N2O5-. The summed E-state index contributed by atoms with van der Waals surface area (Å²) in [6, 6.07) is 5.62. The van der Waals surface area contributed by atoms with Crippen molar-refractivity contribution in [1.82, 2.24) is 0 Å². The van der Waals surface area contributed by atoms with Gasteiger partial charge in [0.1, 0.15) is 0 Å². The van der Waals surface area contributed by atoms with Crippen molar-refractivity contribution in [2.24, 2.45) is 23.7 Å². The SMILES string of the molecule is O=C([O-])[C@@H]1[C@H]2CC[C@H](C2)[C@@H]1C(=O)Nc1cccc([N+](=O)[O-])c1. The maximum Gasteiger partial charge on any atom is 0.271 e. The number of carbonyl (C=O) groups is 2. The van der Waals surface area contributed by atoms with Gasteiger partial charge >= 0.3 is 0 Å². The highest BCUT2D eigenvalue weighted by molar-refractivity contribution is 5.96. The predicted octanol–water partition coefficient (Wildman–Crippen LogP) is 0.945. The number of fused-ring (bicyclic) bond motifs is 2. The highest BCUT2D eigenvalue weighted by Gasteiger charge is 2.51. The van der Waals surface area contributed by atoms with Gasteiger partial charge in [0.15, 0.2) is 0 Å². The molecule has 0 aliphatic heterocycles. The third-order valence-corrected chi connectivity index (χ3v) is 4.82. The zero-order chi connectivity index (χ0) is 15.9. The van der Waals surface area contributed by atoms with Crippen molar-refractivity contribution in [2.45, 2.75) is 19.3 Å². The van der Waals surface area contributed by atoms with E-state index in [1.54, 1.807) is 6.07 Å². The van der Waals surface area contributed by atoms with E-state index in [1.165, 1.54) is 18.2 Å². The number of carbonyl (C=O) groups excluding carboxylic acids is 2. The third-order valence-electron chi connectivity index (χ3n) is 4.82. The highest BCUT2D eigenvalue weighted by Crippen LogP contribution is 2.52. The molecule has 1 aromatic carbocycles. The van der Waals surface area contributed by atoms with Gasteiger partial charge in [-0.25, -0.2) is 0 Å². The fraction of sp³-hybridized carbons (Fsp3) is 0.467. The summed E-state index contributed by atoms with van der Waals surface area (Å²) < 4.78 is 0. The Balaban J connectivity index is 1.78. The van der Waals surface area contributed by atoms with Crippen LogP contribution in [0.4, 0.5) is 11.4 Å². The minimum Gasteiger partial charge on any atom is -0.550 e. The summed E-state index contributed by atoms with van der Waals surface area (Å²) in [5.74, 6) is -2.85. The highest BCUT2D eigenvalue weighted by atomic mass is 16.6. The molecule has 2 aliphatic carbocycles. The molecule has 3 rings (SSSR count). The van der Waals surface area contributed by atoms with Crippen LogP contribution in [0.15, 0.2) is 24.3 Å². The van der Waals surface area contributed by atoms with Gasteiger partial charge in [0, 0.05) is 35.6 Å². The molecule has 0 aromatic heterocycles. The van der Waals surface area contributed by atoms with Crippen LogP contribution in [0.5, 0.6) is 0 Å². The van der Waals surface area contributed by atoms with Crippen molar-refractivity contribution in [3.63, 3.8) is 0 Å². The number of hydrogen-bond donors (Lipinski definition) is 1. The van der Waals surface area contributed by atoms with Gasteiger partial charge in [-0.1, -0.05) is 6.07 Å². The lowest BCUT2D eigenvalue weighted by atomic mass is 9.78. The molecule has 2 saturated carbocycles. The average Bonchev–Trinajstić information content (AvgIpc) is 3.07. The van der Waals surface area contributed by atoms with E-state index in [2.05, 4.69) is 5.32 Å². The number of amides is 1. The fourth-order valence-corrected chi connectivity index (χ4v) is 3.93. The Hall–Kier alpha value is -2.44. The number of nitrogens with zero attached hydrogens (tertiary/aromatic N) is 1. The summed E-state index contributed by atoms with van der Waals surface area (Å²) in [5, 5.41) is 24.7. The molecule has 0 spiro atoms. The van der Waals surface area contributed by atoms with Gasteiger partial charge in [-0.05, 0) is 37.2 Å². The number of carboxylic acid groups (broad SMARTS) is 1. The molecule has 4 atom stereocenters. The molecular weight excluding hydrogens is 288 g/mol. The number of rotatable bonds is 4.